The quantitative estimate of drug-likeness (QED) is 0.189. The van der Waals surface area contributed by atoms with Crippen molar-refractivity contribution < 1.29 is 14.4 Å². The molecule has 1 amide bonds. The van der Waals surface area contributed by atoms with Gasteiger partial charge >= 0.3 is 0 Å². The molecule has 0 spiro atoms. The van der Waals surface area contributed by atoms with Crippen molar-refractivity contribution in [2.45, 2.75) is 33.2 Å². The number of rotatable bonds is 10. The zero-order valence-electron chi connectivity index (χ0n) is 20.9. The average molecular weight is 513 g/mol. The van der Waals surface area contributed by atoms with E-state index in [9.17, 15) is 14.4 Å². The highest BCUT2D eigenvalue weighted by Crippen LogP contribution is 2.23. The van der Waals surface area contributed by atoms with E-state index in [4.69, 9.17) is 11.6 Å². The molecule has 3 aromatic carbocycles. The van der Waals surface area contributed by atoms with Crippen LogP contribution in [0.2, 0.25) is 5.02 Å². The van der Waals surface area contributed by atoms with E-state index in [1.54, 1.807) is 54.6 Å². The number of aryl methyl sites for hydroxylation is 2. The van der Waals surface area contributed by atoms with Gasteiger partial charge in [0.15, 0.2) is 11.6 Å². The molecule has 1 aromatic heterocycles. The number of nitrogens with zero attached hydrogens (tertiary/aromatic N) is 1. The smallest absolute Gasteiger partial charge is 0.235 e. The van der Waals surface area contributed by atoms with Crippen molar-refractivity contribution in [3.8, 4) is 0 Å². The fourth-order valence-electron chi connectivity index (χ4n) is 4.47. The summed E-state index contributed by atoms with van der Waals surface area (Å²) in [6, 6.07) is 27.1. The van der Waals surface area contributed by atoms with Crippen molar-refractivity contribution in [3.63, 3.8) is 0 Å². The molecule has 0 saturated carbocycles. The number of anilines is 1. The van der Waals surface area contributed by atoms with Gasteiger partial charge in [0.25, 0.3) is 0 Å². The van der Waals surface area contributed by atoms with Crippen LogP contribution in [0.25, 0.3) is 0 Å². The first kappa shape index (κ1) is 26.1. The molecular weight excluding hydrogens is 484 g/mol. The summed E-state index contributed by atoms with van der Waals surface area (Å²) in [6.07, 6.45) is 0.573. The molecule has 0 radical (unpaired) electrons. The summed E-state index contributed by atoms with van der Waals surface area (Å²) in [7, 11) is 0. The third-order valence-electron chi connectivity index (χ3n) is 6.53. The van der Waals surface area contributed by atoms with Crippen LogP contribution >= 0.6 is 11.6 Å². The minimum atomic E-state index is -1.15. The molecule has 5 nitrogen and oxygen atoms in total. The van der Waals surface area contributed by atoms with Crippen molar-refractivity contribution in [2.24, 2.45) is 5.92 Å². The Balaban J connectivity index is 1.55. The topological polar surface area (TPSA) is 68.2 Å². The van der Waals surface area contributed by atoms with Crippen LogP contribution in [0.15, 0.2) is 91.0 Å². The number of halogens is 1. The predicted octanol–water partition coefficient (Wildman–Crippen LogP) is 6.71. The van der Waals surface area contributed by atoms with Gasteiger partial charge in [0.05, 0.1) is 0 Å². The Kier molecular flexibility index (Phi) is 8.36. The van der Waals surface area contributed by atoms with Crippen molar-refractivity contribution >= 4 is 34.8 Å². The van der Waals surface area contributed by atoms with E-state index in [1.165, 1.54) is 0 Å². The Morgan fingerprint density at radius 2 is 1.49 bits per heavy atom. The maximum Gasteiger partial charge on any atom is 0.235 e. The molecule has 37 heavy (non-hydrogen) atoms. The molecule has 1 unspecified atom stereocenters. The number of benzene rings is 3. The van der Waals surface area contributed by atoms with Crippen molar-refractivity contribution in [1.82, 2.24) is 4.57 Å². The Labute approximate surface area is 222 Å². The number of para-hydroxylation sites is 1. The first-order valence-electron chi connectivity index (χ1n) is 12.2. The number of amides is 1. The average Bonchev–Trinajstić information content (AvgIpc) is 3.20. The monoisotopic (exact) mass is 512 g/mol. The van der Waals surface area contributed by atoms with Crippen LogP contribution in [0, 0.1) is 19.8 Å². The lowest BCUT2D eigenvalue weighted by atomic mass is 9.90. The Bertz CT molecular complexity index is 1390. The number of hydrogen-bond acceptors (Lipinski definition) is 3. The van der Waals surface area contributed by atoms with Crippen LogP contribution in [-0.2, 0) is 17.8 Å². The molecule has 1 N–H and O–H groups in total. The molecule has 0 saturated heterocycles. The zero-order chi connectivity index (χ0) is 26.4. The highest BCUT2D eigenvalue weighted by Gasteiger charge is 2.31. The lowest BCUT2D eigenvalue weighted by Gasteiger charge is -2.16. The van der Waals surface area contributed by atoms with Crippen molar-refractivity contribution in [1.29, 1.82) is 0 Å². The number of carbonyl (C=O) groups excluding carboxylic acids is 3. The van der Waals surface area contributed by atoms with Gasteiger partial charge in [-0.1, -0.05) is 72.3 Å². The van der Waals surface area contributed by atoms with Gasteiger partial charge in [-0.2, -0.15) is 0 Å². The number of nitrogens with one attached hydrogen (secondary N) is 1. The molecule has 4 rings (SSSR count). The summed E-state index contributed by atoms with van der Waals surface area (Å²) in [5.41, 5.74) is 4.44. The van der Waals surface area contributed by atoms with Gasteiger partial charge < -0.3 is 9.88 Å². The lowest BCUT2D eigenvalue weighted by molar-refractivity contribution is -0.118. The maximum absolute atomic E-state index is 13.5. The highest BCUT2D eigenvalue weighted by molar-refractivity contribution is 6.30. The van der Waals surface area contributed by atoms with Gasteiger partial charge in [-0.15, -0.1) is 0 Å². The van der Waals surface area contributed by atoms with Gasteiger partial charge in [0, 0.05) is 46.2 Å². The molecule has 6 heteroatoms. The third-order valence-corrected chi connectivity index (χ3v) is 6.79. The summed E-state index contributed by atoms with van der Waals surface area (Å²) in [6.45, 7) is 4.56. The second-order valence-corrected chi connectivity index (χ2v) is 9.51. The summed E-state index contributed by atoms with van der Waals surface area (Å²) in [4.78, 5) is 40.1. The largest absolute Gasteiger partial charge is 0.348 e. The van der Waals surface area contributed by atoms with Gasteiger partial charge in [0.2, 0.25) is 5.91 Å². The van der Waals surface area contributed by atoms with Crippen LogP contribution in [0.1, 0.15) is 44.1 Å². The zero-order valence-corrected chi connectivity index (χ0v) is 21.7. The molecule has 0 aliphatic carbocycles. The molecule has 0 bridgehead atoms. The molecule has 1 atom stereocenters. The second-order valence-electron chi connectivity index (χ2n) is 9.08. The molecule has 0 fully saturated rings. The molecule has 188 valence electrons. The fourth-order valence-corrected chi connectivity index (χ4v) is 4.60. The van der Waals surface area contributed by atoms with Crippen LogP contribution < -0.4 is 5.32 Å². The predicted molar refractivity (Wildman–Crippen MR) is 147 cm³/mol. The first-order valence-corrected chi connectivity index (χ1v) is 12.6. The minimum Gasteiger partial charge on any atom is -0.348 e. The van der Waals surface area contributed by atoms with E-state index < -0.39 is 11.8 Å². The SMILES string of the molecule is Cc1cc(C(=O)CC(C(=O)Nc2ccccc2)C(=O)c2ccccc2)c(C)n1CCc1ccc(Cl)cc1. The van der Waals surface area contributed by atoms with Gasteiger partial charge in [0.1, 0.15) is 5.92 Å². The van der Waals surface area contributed by atoms with Crippen molar-refractivity contribution in [2.75, 3.05) is 5.32 Å². The summed E-state index contributed by atoms with van der Waals surface area (Å²) < 4.78 is 2.10. The number of Topliss-reactive ketones (excluding diaryl/α,β-unsaturated/α-hetero) is 2. The summed E-state index contributed by atoms with van der Waals surface area (Å²) in [5, 5.41) is 3.49. The van der Waals surface area contributed by atoms with E-state index in [1.807, 2.05) is 50.2 Å². The first-order chi connectivity index (χ1) is 17.8. The van der Waals surface area contributed by atoms with E-state index in [-0.39, 0.29) is 18.0 Å². The van der Waals surface area contributed by atoms with Crippen LogP contribution in [-0.4, -0.2) is 22.0 Å². The number of ketones is 2. The van der Waals surface area contributed by atoms with Gasteiger partial charge in [-0.05, 0) is 56.2 Å². The number of aromatic nitrogens is 1. The van der Waals surface area contributed by atoms with E-state index in [0.29, 0.717) is 28.4 Å². The van der Waals surface area contributed by atoms with E-state index >= 15 is 0 Å². The van der Waals surface area contributed by atoms with Crippen molar-refractivity contribution in [3.05, 3.63) is 124 Å². The van der Waals surface area contributed by atoms with E-state index in [0.717, 1.165) is 23.4 Å². The normalized spacial score (nSPS) is 11.6. The van der Waals surface area contributed by atoms with Crippen LogP contribution in [0.3, 0.4) is 0 Å². The Morgan fingerprint density at radius 1 is 0.865 bits per heavy atom. The van der Waals surface area contributed by atoms with Crippen LogP contribution in [0.4, 0.5) is 5.69 Å². The van der Waals surface area contributed by atoms with Crippen LogP contribution in [0.5, 0.6) is 0 Å². The third kappa shape index (κ3) is 6.43. The Morgan fingerprint density at radius 3 is 2.14 bits per heavy atom. The number of carbonyl (C=O) groups is 3. The van der Waals surface area contributed by atoms with Gasteiger partial charge in [-0.3, -0.25) is 14.4 Å². The Hall–Kier alpha value is -3.96. The lowest BCUT2D eigenvalue weighted by Crippen LogP contribution is -2.32. The maximum atomic E-state index is 13.5. The molecule has 0 aliphatic heterocycles. The molecule has 0 aliphatic rings. The minimum absolute atomic E-state index is 0.214. The fraction of sp³-hybridized carbons (Fsp3) is 0.194. The molecule has 1 heterocycles. The highest BCUT2D eigenvalue weighted by atomic mass is 35.5. The second kappa shape index (κ2) is 11.8. The summed E-state index contributed by atoms with van der Waals surface area (Å²) in [5.74, 6) is -2.25. The molecular formula is C31H29ClN2O3. The number of hydrogen-bond donors (Lipinski definition) is 1. The summed E-state index contributed by atoms with van der Waals surface area (Å²) >= 11 is 5.99. The van der Waals surface area contributed by atoms with E-state index in [2.05, 4.69) is 9.88 Å². The standard InChI is InChI=1S/C31H29ClN2O3/c1-21-19-27(22(2)34(21)18-17-23-13-15-25(32)16-14-23)29(35)20-28(30(36)24-9-5-3-6-10-24)31(37)33-26-11-7-4-8-12-26/h3-16,19,28H,17-18,20H2,1-2H3,(H,33,37). The van der Waals surface area contributed by atoms with Gasteiger partial charge in [-0.25, -0.2) is 0 Å². The molecule has 4 aromatic rings.